The fourth-order valence-corrected chi connectivity index (χ4v) is 3.39. The van der Waals surface area contributed by atoms with Crippen molar-refractivity contribution in [2.45, 2.75) is 38.6 Å². The standard InChI is InChI=1S/C15H17N5S/c1-10-9-21-14(18-10)12(8-16)13-6-7-17-15(20-13)19-11-4-2-3-5-11/h6-7,9,11,18H,2-5H2,1H3,(H,17,19,20). The first-order chi connectivity index (χ1) is 10.3. The number of hydrogen-bond donors (Lipinski definition) is 2. The van der Waals surface area contributed by atoms with E-state index in [4.69, 9.17) is 0 Å². The third-order valence-corrected chi connectivity index (χ3v) is 4.62. The Morgan fingerprint density at radius 2 is 2.29 bits per heavy atom. The number of aromatic nitrogens is 2. The molecule has 1 aromatic heterocycles. The van der Waals surface area contributed by atoms with Crippen molar-refractivity contribution in [3.63, 3.8) is 0 Å². The normalized spacial score (nSPS) is 20.7. The monoisotopic (exact) mass is 299 g/mol. The van der Waals surface area contributed by atoms with Crippen LogP contribution in [-0.2, 0) is 0 Å². The van der Waals surface area contributed by atoms with Gasteiger partial charge in [-0.15, -0.1) is 0 Å². The number of nitriles is 1. The van der Waals surface area contributed by atoms with Gasteiger partial charge >= 0.3 is 0 Å². The first-order valence-electron chi connectivity index (χ1n) is 7.11. The molecular weight excluding hydrogens is 282 g/mol. The molecule has 5 nitrogen and oxygen atoms in total. The van der Waals surface area contributed by atoms with Gasteiger partial charge in [0.15, 0.2) is 0 Å². The molecule has 0 spiro atoms. The van der Waals surface area contributed by atoms with Gasteiger partial charge in [0.2, 0.25) is 5.95 Å². The third-order valence-electron chi connectivity index (χ3n) is 3.60. The predicted molar refractivity (Wildman–Crippen MR) is 84.9 cm³/mol. The number of nitrogens with one attached hydrogen (secondary N) is 2. The number of rotatable bonds is 3. The second-order valence-corrected chi connectivity index (χ2v) is 6.13. The Bertz CT molecular complexity index is 638. The second-order valence-electron chi connectivity index (χ2n) is 5.25. The highest BCUT2D eigenvalue weighted by molar-refractivity contribution is 8.06. The molecule has 0 unspecified atom stereocenters. The predicted octanol–water partition coefficient (Wildman–Crippen LogP) is 3.22. The fraction of sp³-hybridized carbons (Fsp3) is 0.400. The van der Waals surface area contributed by atoms with Crippen LogP contribution in [0.3, 0.4) is 0 Å². The molecule has 0 radical (unpaired) electrons. The van der Waals surface area contributed by atoms with Crippen molar-refractivity contribution < 1.29 is 0 Å². The average Bonchev–Trinajstić information content (AvgIpc) is 3.12. The van der Waals surface area contributed by atoms with Crippen LogP contribution in [-0.4, -0.2) is 16.0 Å². The lowest BCUT2D eigenvalue weighted by Crippen LogP contribution is -2.17. The smallest absolute Gasteiger partial charge is 0.223 e. The average molecular weight is 299 g/mol. The summed E-state index contributed by atoms with van der Waals surface area (Å²) in [7, 11) is 0. The van der Waals surface area contributed by atoms with Crippen LogP contribution in [0.25, 0.3) is 5.57 Å². The molecule has 1 aromatic rings. The summed E-state index contributed by atoms with van der Waals surface area (Å²) < 4.78 is 0. The second kappa shape index (κ2) is 6.19. The van der Waals surface area contributed by atoms with Crippen molar-refractivity contribution in [3.05, 3.63) is 34.1 Å². The van der Waals surface area contributed by atoms with E-state index in [1.54, 1.807) is 12.3 Å². The first kappa shape index (κ1) is 14.0. The Kier molecular flexibility index (Phi) is 4.11. The lowest BCUT2D eigenvalue weighted by Gasteiger charge is -2.12. The third kappa shape index (κ3) is 3.19. The van der Waals surface area contributed by atoms with E-state index < -0.39 is 0 Å². The highest BCUT2D eigenvalue weighted by atomic mass is 32.2. The molecule has 1 aliphatic carbocycles. The zero-order valence-corrected chi connectivity index (χ0v) is 12.7. The number of hydrogen-bond acceptors (Lipinski definition) is 6. The van der Waals surface area contributed by atoms with Gasteiger partial charge < -0.3 is 10.6 Å². The van der Waals surface area contributed by atoms with Crippen molar-refractivity contribution >= 4 is 23.3 Å². The Labute approximate surface area is 128 Å². The summed E-state index contributed by atoms with van der Waals surface area (Å²) >= 11 is 1.52. The molecule has 0 bridgehead atoms. The largest absolute Gasteiger partial charge is 0.352 e. The first-order valence-corrected chi connectivity index (χ1v) is 7.99. The van der Waals surface area contributed by atoms with Crippen molar-refractivity contribution in [1.29, 1.82) is 5.26 Å². The van der Waals surface area contributed by atoms with Gasteiger partial charge in [0.25, 0.3) is 0 Å². The van der Waals surface area contributed by atoms with Crippen molar-refractivity contribution in [3.8, 4) is 6.07 Å². The van der Waals surface area contributed by atoms with Crippen LogP contribution in [0.15, 0.2) is 28.4 Å². The number of anilines is 1. The number of nitrogens with zero attached hydrogens (tertiary/aromatic N) is 3. The van der Waals surface area contributed by atoms with Gasteiger partial charge in [-0.2, -0.15) is 5.26 Å². The van der Waals surface area contributed by atoms with E-state index in [1.807, 2.05) is 12.3 Å². The van der Waals surface area contributed by atoms with Crippen molar-refractivity contribution in [2.75, 3.05) is 5.32 Å². The summed E-state index contributed by atoms with van der Waals surface area (Å²) in [5.74, 6) is 0.612. The van der Waals surface area contributed by atoms with Crippen LogP contribution in [0.4, 0.5) is 5.95 Å². The SMILES string of the molecule is CC1=CSC(=C(C#N)c2ccnc(NC3CCCC3)n2)N1. The van der Waals surface area contributed by atoms with Crippen LogP contribution in [0.5, 0.6) is 0 Å². The zero-order chi connectivity index (χ0) is 14.7. The van der Waals surface area contributed by atoms with E-state index >= 15 is 0 Å². The molecule has 2 N–H and O–H groups in total. The summed E-state index contributed by atoms with van der Waals surface area (Å²) in [6.45, 7) is 1.97. The Morgan fingerprint density at radius 3 is 2.95 bits per heavy atom. The molecule has 1 saturated carbocycles. The van der Waals surface area contributed by atoms with E-state index in [-0.39, 0.29) is 0 Å². The van der Waals surface area contributed by atoms with Gasteiger partial charge in [0.1, 0.15) is 11.6 Å². The van der Waals surface area contributed by atoms with Gasteiger partial charge in [-0.3, -0.25) is 0 Å². The van der Waals surface area contributed by atoms with Crippen LogP contribution >= 0.6 is 11.8 Å². The highest BCUT2D eigenvalue weighted by Crippen LogP contribution is 2.30. The Balaban J connectivity index is 1.83. The molecule has 0 aromatic carbocycles. The highest BCUT2D eigenvalue weighted by Gasteiger charge is 2.18. The minimum Gasteiger partial charge on any atom is -0.352 e. The van der Waals surface area contributed by atoms with E-state index in [2.05, 4.69) is 26.7 Å². The summed E-state index contributed by atoms with van der Waals surface area (Å²) in [5.41, 5.74) is 2.26. The molecule has 1 fully saturated rings. The molecular formula is C15H17N5S. The van der Waals surface area contributed by atoms with Gasteiger partial charge in [-0.05, 0) is 31.2 Å². The quantitative estimate of drug-likeness (QED) is 0.835. The Hall–Kier alpha value is -2.00. The summed E-state index contributed by atoms with van der Waals surface area (Å²) in [4.78, 5) is 8.76. The topological polar surface area (TPSA) is 73.6 Å². The molecule has 6 heteroatoms. The Morgan fingerprint density at radius 1 is 1.48 bits per heavy atom. The maximum Gasteiger partial charge on any atom is 0.223 e. The maximum atomic E-state index is 9.44. The van der Waals surface area contributed by atoms with Gasteiger partial charge in [-0.1, -0.05) is 24.6 Å². The fourth-order valence-electron chi connectivity index (χ4n) is 2.55. The molecule has 1 aliphatic heterocycles. The molecule has 0 saturated heterocycles. The summed E-state index contributed by atoms with van der Waals surface area (Å²) in [6, 6.07) is 4.49. The molecule has 2 heterocycles. The molecule has 108 valence electrons. The van der Waals surface area contributed by atoms with E-state index in [0.29, 0.717) is 23.3 Å². The summed E-state index contributed by atoms with van der Waals surface area (Å²) in [6.07, 6.45) is 6.56. The summed E-state index contributed by atoms with van der Waals surface area (Å²) in [5, 5.41) is 18.8. The van der Waals surface area contributed by atoms with Crippen LogP contribution < -0.4 is 10.6 Å². The molecule has 0 amide bonds. The molecule has 0 atom stereocenters. The van der Waals surface area contributed by atoms with Gasteiger partial charge in [0, 0.05) is 17.9 Å². The van der Waals surface area contributed by atoms with Crippen LogP contribution in [0.2, 0.25) is 0 Å². The minimum atomic E-state index is 0.460. The van der Waals surface area contributed by atoms with E-state index in [0.717, 1.165) is 10.7 Å². The van der Waals surface area contributed by atoms with Crippen LogP contribution in [0, 0.1) is 11.3 Å². The molecule has 3 rings (SSSR count). The van der Waals surface area contributed by atoms with Crippen LogP contribution in [0.1, 0.15) is 38.3 Å². The molecule has 21 heavy (non-hydrogen) atoms. The van der Waals surface area contributed by atoms with E-state index in [1.165, 1.54) is 37.4 Å². The maximum absolute atomic E-state index is 9.44. The van der Waals surface area contributed by atoms with Gasteiger partial charge in [0.05, 0.1) is 10.7 Å². The van der Waals surface area contributed by atoms with E-state index in [9.17, 15) is 5.26 Å². The number of thioether (sulfide) groups is 1. The minimum absolute atomic E-state index is 0.460. The van der Waals surface area contributed by atoms with Gasteiger partial charge in [-0.25, -0.2) is 9.97 Å². The number of allylic oxidation sites excluding steroid dienone is 2. The lowest BCUT2D eigenvalue weighted by atomic mass is 10.2. The van der Waals surface area contributed by atoms with Crippen molar-refractivity contribution in [2.24, 2.45) is 0 Å². The lowest BCUT2D eigenvalue weighted by molar-refractivity contribution is 0.743. The van der Waals surface area contributed by atoms with Crippen molar-refractivity contribution in [1.82, 2.24) is 15.3 Å². The zero-order valence-electron chi connectivity index (χ0n) is 11.9. The molecule has 2 aliphatic rings.